The zero-order valence-corrected chi connectivity index (χ0v) is 34.7. The van der Waals surface area contributed by atoms with Gasteiger partial charge in [-0.05, 0) is 78.9 Å². The molecule has 1 aliphatic heterocycles. The Bertz CT molecular complexity index is 2750. The minimum Gasteiger partial charge on any atom is -0.493 e. The Labute approximate surface area is 355 Å². The molecule has 0 spiro atoms. The summed E-state index contributed by atoms with van der Waals surface area (Å²) in [5, 5.41) is 1.92. The second-order valence-electron chi connectivity index (χ2n) is 13.1. The van der Waals surface area contributed by atoms with Gasteiger partial charge in [0.25, 0.3) is 5.79 Å². The monoisotopic (exact) mass is 846 g/mol. The molecule has 2 heterocycles. The third-order valence-corrected chi connectivity index (χ3v) is 11.1. The molecule has 1 atom stereocenters. The number of ether oxygens (including phenoxy) is 4. The van der Waals surface area contributed by atoms with Crippen LogP contribution in [0.3, 0.4) is 0 Å². The van der Waals surface area contributed by atoms with Crippen LogP contribution in [0.15, 0.2) is 143 Å². The fraction of sp³-hybridized carbons (Fsp3) is 0.109. The molecule has 12 heteroatoms. The average molecular weight is 849 g/mol. The lowest BCUT2D eigenvalue weighted by molar-refractivity contribution is 0.355. The molecule has 8 rings (SSSR count). The van der Waals surface area contributed by atoms with Crippen molar-refractivity contribution in [1.29, 1.82) is 0 Å². The molecule has 0 fully saturated rings. The van der Waals surface area contributed by atoms with Crippen molar-refractivity contribution in [2.45, 2.75) is 5.79 Å². The van der Waals surface area contributed by atoms with Gasteiger partial charge in [0.2, 0.25) is 0 Å². The molecule has 6 aromatic carbocycles. The number of hydrogen-bond acceptors (Lipinski definition) is 7. The molecule has 58 heavy (non-hydrogen) atoms. The topological polar surface area (TPSA) is 79.5 Å². The first-order chi connectivity index (χ1) is 28.2. The van der Waals surface area contributed by atoms with E-state index in [2.05, 4.69) is 0 Å². The molecule has 1 aliphatic rings. The third-order valence-electron chi connectivity index (χ3n) is 9.86. The molecular formula is C46H34Cl4N4O4. The second-order valence-corrected chi connectivity index (χ2v) is 14.8. The Morgan fingerprint density at radius 2 is 0.983 bits per heavy atom. The van der Waals surface area contributed by atoms with Gasteiger partial charge in [0.05, 0.1) is 61.3 Å². The van der Waals surface area contributed by atoms with Crippen LogP contribution >= 0.6 is 46.4 Å². The van der Waals surface area contributed by atoms with Gasteiger partial charge in [-0.25, -0.2) is 15.0 Å². The molecule has 1 unspecified atom stereocenters. The van der Waals surface area contributed by atoms with E-state index in [4.69, 9.17) is 80.3 Å². The number of halogens is 4. The van der Waals surface area contributed by atoms with Gasteiger partial charge in [-0.2, -0.15) is 0 Å². The highest BCUT2D eigenvalue weighted by Gasteiger charge is 2.46. The molecule has 0 aliphatic carbocycles. The Hall–Kier alpha value is -5.77. The predicted octanol–water partition coefficient (Wildman–Crippen LogP) is 12.2. The highest BCUT2D eigenvalue weighted by atomic mass is 35.5. The van der Waals surface area contributed by atoms with Crippen molar-refractivity contribution in [2.75, 3.05) is 28.4 Å². The summed E-state index contributed by atoms with van der Waals surface area (Å²) in [6.45, 7) is 0. The Morgan fingerprint density at radius 1 is 0.483 bits per heavy atom. The van der Waals surface area contributed by atoms with Gasteiger partial charge in [-0.15, -0.1) is 0 Å². The first-order valence-corrected chi connectivity index (χ1v) is 19.5. The minimum atomic E-state index is -1.67. The molecule has 1 aromatic heterocycles. The summed E-state index contributed by atoms with van der Waals surface area (Å²) in [7, 11) is 6.36. The molecular weight excluding hydrogens is 814 g/mol. The number of nitrogens with zero attached hydrogens (tertiary/aromatic N) is 4. The normalized spacial score (nSPS) is 14.8. The number of hydrogen-bond donors (Lipinski definition) is 0. The van der Waals surface area contributed by atoms with Gasteiger partial charge in [0.1, 0.15) is 5.82 Å². The van der Waals surface area contributed by atoms with Crippen LogP contribution in [0.5, 0.6) is 23.0 Å². The fourth-order valence-corrected chi connectivity index (χ4v) is 7.98. The summed E-state index contributed by atoms with van der Waals surface area (Å²) in [4.78, 5) is 16.8. The van der Waals surface area contributed by atoms with Crippen molar-refractivity contribution < 1.29 is 18.9 Å². The van der Waals surface area contributed by atoms with Gasteiger partial charge in [-0.1, -0.05) is 101 Å². The number of aliphatic imine (C=N–C) groups is 2. The predicted molar refractivity (Wildman–Crippen MR) is 234 cm³/mol. The summed E-state index contributed by atoms with van der Waals surface area (Å²) >= 11 is 28.0. The zero-order chi connectivity index (χ0) is 40.6. The summed E-state index contributed by atoms with van der Waals surface area (Å²) in [6, 6.07) is 41.3. The Morgan fingerprint density at radius 3 is 1.57 bits per heavy atom. The van der Waals surface area contributed by atoms with E-state index in [1.807, 2.05) is 138 Å². The summed E-state index contributed by atoms with van der Waals surface area (Å²) < 4.78 is 24.8. The van der Waals surface area contributed by atoms with Gasteiger partial charge in [0, 0.05) is 43.4 Å². The average Bonchev–Trinajstić information content (AvgIpc) is 3.85. The van der Waals surface area contributed by atoms with Crippen LogP contribution in [-0.2, 0) is 5.79 Å². The first-order valence-electron chi connectivity index (χ1n) is 18.0. The van der Waals surface area contributed by atoms with Crippen LogP contribution in [0, 0.1) is 0 Å². The first kappa shape index (κ1) is 39.1. The second kappa shape index (κ2) is 16.2. The van der Waals surface area contributed by atoms with E-state index < -0.39 is 5.79 Å². The fourth-order valence-electron chi connectivity index (χ4n) is 7.15. The van der Waals surface area contributed by atoms with E-state index in [0.717, 1.165) is 5.56 Å². The summed E-state index contributed by atoms with van der Waals surface area (Å²) in [5.74, 6) is 0.968. The maximum Gasteiger partial charge on any atom is 0.263 e. The van der Waals surface area contributed by atoms with Crippen molar-refractivity contribution in [3.05, 3.63) is 170 Å². The Balaban J connectivity index is 1.59. The van der Waals surface area contributed by atoms with Crippen molar-refractivity contribution in [3.8, 4) is 56.9 Å². The molecule has 7 aromatic rings. The molecule has 290 valence electrons. The van der Waals surface area contributed by atoms with Crippen LogP contribution in [0.25, 0.3) is 33.9 Å². The van der Waals surface area contributed by atoms with Gasteiger partial charge >= 0.3 is 0 Å². The smallest absolute Gasteiger partial charge is 0.263 e. The summed E-state index contributed by atoms with van der Waals surface area (Å²) in [5.41, 5.74) is 6.20. The standard InChI is InChI=1S/C46H34Cl4N4O4/c1-55-37-23-19-28(25-39(37)57-3)41-43(31-11-5-8-14-34(31)48)53-46(52-41,33-13-7-10-16-36(33)50)54-44(32-12-6-9-15-35(32)49)42(29-20-24-38(56-2)40(26-29)58-4)51-45(54)27-17-21-30(47)22-18-27/h5-26H,1-4H3. The van der Waals surface area contributed by atoms with Crippen molar-refractivity contribution in [2.24, 2.45) is 9.98 Å². The third kappa shape index (κ3) is 6.86. The molecule has 0 bridgehead atoms. The highest BCUT2D eigenvalue weighted by Crippen LogP contribution is 2.50. The van der Waals surface area contributed by atoms with E-state index in [1.54, 1.807) is 28.4 Å². The van der Waals surface area contributed by atoms with E-state index in [0.29, 0.717) is 99.5 Å². The maximum atomic E-state index is 7.29. The number of imidazole rings is 1. The SMILES string of the molecule is COc1ccc(C2=NC(c3ccccc3Cl)(n3c(-c4ccc(Cl)cc4)nc(-c4ccc(OC)c(OC)c4)c3-c3ccccc3Cl)N=C2c2ccccc2Cl)cc1OC. The van der Waals surface area contributed by atoms with E-state index in [-0.39, 0.29) is 0 Å². The van der Waals surface area contributed by atoms with Crippen LogP contribution in [0.4, 0.5) is 0 Å². The highest BCUT2D eigenvalue weighted by molar-refractivity contribution is 6.56. The van der Waals surface area contributed by atoms with E-state index >= 15 is 0 Å². The van der Waals surface area contributed by atoms with Gasteiger partial charge in [0.15, 0.2) is 23.0 Å². The van der Waals surface area contributed by atoms with E-state index in [1.165, 1.54) is 0 Å². The lowest BCUT2D eigenvalue weighted by atomic mass is 9.99. The van der Waals surface area contributed by atoms with Crippen molar-refractivity contribution in [3.63, 3.8) is 0 Å². The summed E-state index contributed by atoms with van der Waals surface area (Å²) in [6.07, 6.45) is 0. The van der Waals surface area contributed by atoms with Crippen LogP contribution in [0.1, 0.15) is 16.7 Å². The minimum absolute atomic E-state index is 0.413. The zero-order valence-electron chi connectivity index (χ0n) is 31.6. The molecule has 0 saturated heterocycles. The molecule has 8 nitrogen and oxygen atoms in total. The molecule has 0 saturated carbocycles. The Kier molecular flexibility index (Phi) is 10.9. The number of methoxy groups -OCH3 is 4. The maximum absolute atomic E-state index is 7.29. The van der Waals surface area contributed by atoms with Crippen molar-refractivity contribution >= 4 is 57.8 Å². The molecule has 0 radical (unpaired) electrons. The van der Waals surface area contributed by atoms with Gasteiger partial charge in [-0.3, -0.25) is 4.57 Å². The lowest BCUT2D eigenvalue weighted by Gasteiger charge is -2.30. The quantitative estimate of drug-likeness (QED) is 0.130. The molecule has 0 amide bonds. The number of benzene rings is 6. The van der Waals surface area contributed by atoms with Crippen LogP contribution in [0.2, 0.25) is 20.1 Å². The van der Waals surface area contributed by atoms with E-state index in [9.17, 15) is 0 Å². The molecule has 0 N–H and O–H groups in total. The lowest BCUT2D eigenvalue weighted by Crippen LogP contribution is -2.31. The van der Waals surface area contributed by atoms with Gasteiger partial charge < -0.3 is 18.9 Å². The number of aromatic nitrogens is 2. The van der Waals surface area contributed by atoms with Crippen LogP contribution < -0.4 is 18.9 Å². The van der Waals surface area contributed by atoms with Crippen molar-refractivity contribution in [1.82, 2.24) is 9.55 Å². The largest absolute Gasteiger partial charge is 0.493 e. The number of rotatable bonds is 11. The van der Waals surface area contributed by atoms with Crippen LogP contribution in [-0.4, -0.2) is 49.4 Å².